The van der Waals surface area contributed by atoms with E-state index in [9.17, 15) is 36.6 Å². The fourth-order valence-corrected chi connectivity index (χ4v) is 4.05. The summed E-state index contributed by atoms with van der Waals surface area (Å²) >= 11 is 0. The molecule has 0 spiro atoms. The average Bonchev–Trinajstić information content (AvgIpc) is 2.90. The lowest BCUT2D eigenvalue weighted by Crippen LogP contribution is -2.35. The van der Waals surface area contributed by atoms with Gasteiger partial charge in [0.25, 0.3) is 5.91 Å². The van der Waals surface area contributed by atoms with Gasteiger partial charge in [0.15, 0.2) is 0 Å². The third kappa shape index (κ3) is 7.77. The summed E-state index contributed by atoms with van der Waals surface area (Å²) in [6.45, 7) is -0.828. The van der Waals surface area contributed by atoms with Gasteiger partial charge in [-0.25, -0.2) is 18.4 Å². The molecule has 1 aromatic carbocycles. The molecular formula is C24H28F3N7O5S. The summed E-state index contributed by atoms with van der Waals surface area (Å²) in [6, 6.07) is 9.07. The van der Waals surface area contributed by atoms with E-state index in [1.165, 1.54) is 48.5 Å². The van der Waals surface area contributed by atoms with Crippen LogP contribution in [0, 0.1) is 0 Å². The minimum atomic E-state index is -4.79. The Balaban J connectivity index is 1.88. The molecule has 0 saturated heterocycles. The molecule has 0 bridgehead atoms. The molecule has 0 aliphatic rings. The number of aromatic nitrogens is 3. The molecule has 12 nitrogen and oxygen atoms in total. The van der Waals surface area contributed by atoms with Gasteiger partial charge in [-0.15, -0.1) is 0 Å². The average molecular weight is 584 g/mol. The maximum atomic E-state index is 13.7. The summed E-state index contributed by atoms with van der Waals surface area (Å²) in [6.07, 6.45) is -1.86. The molecule has 1 amide bonds. The van der Waals surface area contributed by atoms with Crippen LogP contribution in [0.5, 0.6) is 0 Å². The van der Waals surface area contributed by atoms with Crippen LogP contribution in [0.4, 0.5) is 36.4 Å². The summed E-state index contributed by atoms with van der Waals surface area (Å²) in [5.74, 6) is -1.20. The van der Waals surface area contributed by atoms with E-state index >= 15 is 0 Å². The van der Waals surface area contributed by atoms with E-state index in [4.69, 9.17) is 0 Å². The van der Waals surface area contributed by atoms with E-state index in [2.05, 4.69) is 25.6 Å². The van der Waals surface area contributed by atoms with Crippen LogP contribution in [0.2, 0.25) is 0 Å². The van der Waals surface area contributed by atoms with Crippen molar-refractivity contribution >= 4 is 39.2 Å². The van der Waals surface area contributed by atoms with E-state index in [1.807, 2.05) is 0 Å². The molecule has 2 heterocycles. The van der Waals surface area contributed by atoms with Gasteiger partial charge in [-0.1, -0.05) is 12.1 Å². The molecule has 3 rings (SSSR count). The van der Waals surface area contributed by atoms with Crippen molar-refractivity contribution in [3.63, 3.8) is 0 Å². The number of aliphatic hydroxyl groups excluding tert-OH is 2. The highest BCUT2D eigenvalue weighted by Gasteiger charge is 2.35. The zero-order chi connectivity index (χ0) is 29.5. The number of anilines is 4. The van der Waals surface area contributed by atoms with Crippen molar-refractivity contribution < 1.29 is 36.6 Å². The summed E-state index contributed by atoms with van der Waals surface area (Å²) in [7, 11) is -2.40. The number of nitrogens with zero attached hydrogens (tertiary/aromatic N) is 5. The van der Waals surface area contributed by atoms with Crippen LogP contribution in [0.1, 0.15) is 21.5 Å². The molecule has 2 aromatic heterocycles. The molecule has 16 heteroatoms. The van der Waals surface area contributed by atoms with Crippen LogP contribution < -0.4 is 14.9 Å². The summed E-state index contributed by atoms with van der Waals surface area (Å²) in [5.41, 5.74) is -0.337. The van der Waals surface area contributed by atoms with Gasteiger partial charge in [0.1, 0.15) is 17.2 Å². The van der Waals surface area contributed by atoms with Crippen LogP contribution in [-0.2, 0) is 22.7 Å². The molecule has 0 radical (unpaired) electrons. The Morgan fingerprint density at radius 1 is 1.07 bits per heavy atom. The third-order valence-electron chi connectivity index (χ3n) is 5.60. The maximum absolute atomic E-state index is 13.7. The molecule has 0 aliphatic heterocycles. The molecule has 0 unspecified atom stereocenters. The van der Waals surface area contributed by atoms with Crippen molar-refractivity contribution in [1.29, 1.82) is 0 Å². The van der Waals surface area contributed by atoms with Gasteiger partial charge in [0.2, 0.25) is 16.0 Å². The number of amides is 1. The SMILES string of the molecule is CN(c1ncccc1CNc1nc(Nc2cccc(C(=O)N(CCO)CCO)c2)ncc1C(F)(F)F)S(C)(=O)=O. The van der Waals surface area contributed by atoms with Crippen LogP contribution in [-0.4, -0.2) is 84.0 Å². The Morgan fingerprint density at radius 3 is 2.40 bits per heavy atom. The maximum Gasteiger partial charge on any atom is 0.421 e. The lowest BCUT2D eigenvalue weighted by atomic mass is 10.1. The number of hydrogen-bond donors (Lipinski definition) is 4. The number of sulfonamides is 1. The molecule has 0 saturated carbocycles. The number of alkyl halides is 3. The second-order valence-electron chi connectivity index (χ2n) is 8.47. The minimum absolute atomic E-state index is 0.00667. The minimum Gasteiger partial charge on any atom is -0.395 e. The fourth-order valence-electron chi connectivity index (χ4n) is 3.57. The largest absolute Gasteiger partial charge is 0.421 e. The van der Waals surface area contributed by atoms with Crippen molar-refractivity contribution in [2.24, 2.45) is 0 Å². The lowest BCUT2D eigenvalue weighted by Gasteiger charge is -2.21. The first-order chi connectivity index (χ1) is 18.8. The zero-order valence-electron chi connectivity index (χ0n) is 21.6. The highest BCUT2D eigenvalue weighted by Crippen LogP contribution is 2.34. The molecule has 0 aliphatic carbocycles. The number of pyridine rings is 1. The van der Waals surface area contributed by atoms with Crippen molar-refractivity contribution in [3.8, 4) is 0 Å². The van der Waals surface area contributed by atoms with Crippen LogP contribution in [0.25, 0.3) is 0 Å². The molecule has 0 atom stereocenters. The van der Waals surface area contributed by atoms with Gasteiger partial charge in [0, 0.05) is 55.9 Å². The zero-order valence-corrected chi connectivity index (χ0v) is 22.4. The predicted octanol–water partition coefficient (Wildman–Crippen LogP) is 2.07. The Kier molecular flexibility index (Phi) is 9.83. The molecule has 4 N–H and O–H groups in total. The lowest BCUT2D eigenvalue weighted by molar-refractivity contribution is -0.137. The van der Waals surface area contributed by atoms with Crippen molar-refractivity contribution in [2.45, 2.75) is 12.7 Å². The second-order valence-corrected chi connectivity index (χ2v) is 10.5. The molecule has 216 valence electrons. The van der Waals surface area contributed by atoms with E-state index in [-0.39, 0.29) is 50.2 Å². The van der Waals surface area contributed by atoms with Gasteiger partial charge < -0.3 is 25.7 Å². The molecule has 40 heavy (non-hydrogen) atoms. The number of hydrogen-bond acceptors (Lipinski definition) is 10. The van der Waals surface area contributed by atoms with Gasteiger partial charge >= 0.3 is 6.18 Å². The number of carbonyl (C=O) groups excluding carboxylic acids is 1. The molecular weight excluding hydrogens is 555 g/mol. The standard InChI is InChI=1S/C24H28F3N7O5S/c1-33(40(2,38)39)21-17(6-4-8-28-21)14-29-20-19(24(25,26)27)15-30-23(32-20)31-18-7-3-5-16(13-18)22(37)34(9-11-35)10-12-36/h3-8,13,15,35-36H,9-12,14H2,1-2H3,(H2,29,30,31,32). The van der Waals surface area contributed by atoms with E-state index in [0.29, 0.717) is 17.4 Å². The second kappa shape index (κ2) is 12.9. The van der Waals surface area contributed by atoms with Crippen LogP contribution in [0.3, 0.4) is 0 Å². The first-order valence-electron chi connectivity index (χ1n) is 11.8. The number of rotatable bonds is 12. The Bertz CT molecular complexity index is 1430. The Morgan fingerprint density at radius 2 is 1.77 bits per heavy atom. The molecule has 3 aromatic rings. The number of carbonyl (C=O) groups is 1. The fraction of sp³-hybridized carbons (Fsp3) is 0.333. The van der Waals surface area contributed by atoms with Crippen molar-refractivity contribution in [2.75, 3.05) is 54.5 Å². The molecule has 0 fully saturated rings. The Labute approximate surface area is 228 Å². The van der Waals surface area contributed by atoms with Gasteiger partial charge in [0.05, 0.1) is 19.5 Å². The smallest absolute Gasteiger partial charge is 0.395 e. The summed E-state index contributed by atoms with van der Waals surface area (Å²) < 4.78 is 66.0. The first kappa shape index (κ1) is 30.5. The van der Waals surface area contributed by atoms with Crippen LogP contribution >= 0.6 is 0 Å². The summed E-state index contributed by atoms with van der Waals surface area (Å²) in [4.78, 5) is 25.8. The Hall–Kier alpha value is -4.02. The van der Waals surface area contributed by atoms with Gasteiger partial charge in [-0.05, 0) is 24.3 Å². The van der Waals surface area contributed by atoms with E-state index in [0.717, 1.165) is 10.6 Å². The quantitative estimate of drug-likeness (QED) is 0.248. The highest BCUT2D eigenvalue weighted by molar-refractivity contribution is 7.92. The number of halogens is 3. The van der Waals surface area contributed by atoms with E-state index < -0.39 is 33.5 Å². The topological polar surface area (TPSA) is 161 Å². The normalized spacial score (nSPS) is 11.7. The number of benzene rings is 1. The first-order valence-corrected chi connectivity index (χ1v) is 13.6. The highest BCUT2D eigenvalue weighted by atomic mass is 32.2. The van der Waals surface area contributed by atoms with Gasteiger partial charge in [-0.2, -0.15) is 18.2 Å². The van der Waals surface area contributed by atoms with E-state index in [1.54, 1.807) is 6.07 Å². The van der Waals surface area contributed by atoms with Crippen molar-refractivity contribution in [3.05, 3.63) is 65.5 Å². The van der Waals surface area contributed by atoms with Gasteiger partial charge in [-0.3, -0.25) is 9.10 Å². The predicted molar refractivity (Wildman–Crippen MR) is 142 cm³/mol. The third-order valence-corrected chi connectivity index (χ3v) is 6.76. The number of aliphatic hydroxyl groups is 2. The van der Waals surface area contributed by atoms with Crippen molar-refractivity contribution in [1.82, 2.24) is 19.9 Å². The number of nitrogens with one attached hydrogen (secondary N) is 2. The summed E-state index contributed by atoms with van der Waals surface area (Å²) in [5, 5.41) is 23.7. The van der Waals surface area contributed by atoms with Crippen LogP contribution in [0.15, 0.2) is 48.8 Å². The monoisotopic (exact) mass is 583 g/mol.